The molecule has 1 rings (SSSR count). The smallest absolute Gasteiger partial charge is 0.159 e. The first-order valence-corrected chi connectivity index (χ1v) is 4.81. The standard InChI is InChI=1S/C11H13F2NO/c1-2-3-6-14-15-8-9-4-5-10(12)11(13)7-9/h4-7H,2-3,8H2,1H3. The van der Waals surface area contributed by atoms with E-state index in [9.17, 15) is 8.78 Å². The van der Waals surface area contributed by atoms with Crippen LogP contribution in [0.5, 0.6) is 0 Å². The van der Waals surface area contributed by atoms with Crippen molar-refractivity contribution in [2.24, 2.45) is 5.16 Å². The molecule has 1 aromatic carbocycles. The topological polar surface area (TPSA) is 21.6 Å². The Morgan fingerprint density at radius 2 is 2.13 bits per heavy atom. The molecule has 0 aliphatic carbocycles. The number of unbranched alkanes of at least 4 members (excludes halogenated alkanes) is 1. The summed E-state index contributed by atoms with van der Waals surface area (Å²) in [5.74, 6) is -1.72. The lowest BCUT2D eigenvalue weighted by atomic mass is 10.2. The van der Waals surface area contributed by atoms with Gasteiger partial charge >= 0.3 is 0 Å². The van der Waals surface area contributed by atoms with Crippen LogP contribution in [0, 0.1) is 11.6 Å². The molecule has 0 aliphatic rings. The van der Waals surface area contributed by atoms with Crippen molar-refractivity contribution in [3.8, 4) is 0 Å². The van der Waals surface area contributed by atoms with Crippen LogP contribution in [0.15, 0.2) is 23.4 Å². The summed E-state index contributed by atoms with van der Waals surface area (Å²) in [7, 11) is 0. The maximum Gasteiger partial charge on any atom is 0.159 e. The summed E-state index contributed by atoms with van der Waals surface area (Å²) < 4.78 is 25.3. The highest BCUT2D eigenvalue weighted by Gasteiger charge is 2.01. The average Bonchev–Trinajstić information content (AvgIpc) is 2.23. The van der Waals surface area contributed by atoms with Crippen molar-refractivity contribution in [1.82, 2.24) is 0 Å². The summed E-state index contributed by atoms with van der Waals surface area (Å²) in [4.78, 5) is 4.90. The zero-order chi connectivity index (χ0) is 11.1. The SMILES string of the molecule is CCCC=NOCc1ccc(F)c(F)c1. The van der Waals surface area contributed by atoms with Crippen LogP contribution in [0.25, 0.3) is 0 Å². The average molecular weight is 213 g/mol. The van der Waals surface area contributed by atoms with Gasteiger partial charge in [-0.15, -0.1) is 0 Å². The molecule has 0 amide bonds. The van der Waals surface area contributed by atoms with E-state index in [2.05, 4.69) is 5.16 Å². The lowest BCUT2D eigenvalue weighted by molar-refractivity contribution is 0.131. The second-order valence-corrected chi connectivity index (χ2v) is 3.10. The molecule has 0 unspecified atom stereocenters. The lowest BCUT2D eigenvalue weighted by Crippen LogP contribution is -1.91. The van der Waals surface area contributed by atoms with Crippen molar-refractivity contribution in [3.63, 3.8) is 0 Å². The predicted octanol–water partition coefficient (Wildman–Crippen LogP) is 3.27. The minimum atomic E-state index is -0.867. The van der Waals surface area contributed by atoms with Gasteiger partial charge in [0, 0.05) is 6.21 Å². The van der Waals surface area contributed by atoms with E-state index >= 15 is 0 Å². The zero-order valence-electron chi connectivity index (χ0n) is 8.54. The minimum absolute atomic E-state index is 0.150. The quantitative estimate of drug-likeness (QED) is 0.543. The molecule has 0 spiro atoms. The second kappa shape index (κ2) is 6.11. The van der Waals surface area contributed by atoms with Gasteiger partial charge in [0.2, 0.25) is 0 Å². The van der Waals surface area contributed by atoms with E-state index in [-0.39, 0.29) is 6.61 Å². The summed E-state index contributed by atoms with van der Waals surface area (Å²) in [6, 6.07) is 3.64. The third-order valence-electron chi connectivity index (χ3n) is 1.78. The zero-order valence-corrected chi connectivity index (χ0v) is 8.54. The largest absolute Gasteiger partial charge is 0.391 e. The fraction of sp³-hybridized carbons (Fsp3) is 0.364. The number of nitrogens with zero attached hydrogens (tertiary/aromatic N) is 1. The Labute approximate surface area is 87.6 Å². The van der Waals surface area contributed by atoms with Gasteiger partial charge in [0.1, 0.15) is 6.61 Å². The van der Waals surface area contributed by atoms with Crippen molar-refractivity contribution in [3.05, 3.63) is 35.4 Å². The minimum Gasteiger partial charge on any atom is -0.391 e. The van der Waals surface area contributed by atoms with Gasteiger partial charge in [0.05, 0.1) is 0 Å². The van der Waals surface area contributed by atoms with E-state index in [4.69, 9.17) is 4.84 Å². The van der Waals surface area contributed by atoms with Gasteiger partial charge in [-0.1, -0.05) is 24.6 Å². The van der Waals surface area contributed by atoms with Gasteiger partial charge in [-0.25, -0.2) is 8.78 Å². The van der Waals surface area contributed by atoms with Crippen molar-refractivity contribution in [1.29, 1.82) is 0 Å². The van der Waals surface area contributed by atoms with E-state index in [1.165, 1.54) is 6.07 Å². The van der Waals surface area contributed by atoms with Gasteiger partial charge in [0.15, 0.2) is 11.6 Å². The Bertz CT molecular complexity index is 339. The third-order valence-corrected chi connectivity index (χ3v) is 1.78. The van der Waals surface area contributed by atoms with E-state index in [0.29, 0.717) is 5.56 Å². The first-order valence-electron chi connectivity index (χ1n) is 4.81. The van der Waals surface area contributed by atoms with Crippen molar-refractivity contribution < 1.29 is 13.6 Å². The number of rotatable bonds is 5. The first kappa shape index (κ1) is 11.6. The number of benzene rings is 1. The van der Waals surface area contributed by atoms with Gasteiger partial charge < -0.3 is 4.84 Å². The van der Waals surface area contributed by atoms with E-state index in [1.807, 2.05) is 6.92 Å². The third kappa shape index (κ3) is 4.06. The highest BCUT2D eigenvalue weighted by Crippen LogP contribution is 2.09. The molecule has 0 bridgehead atoms. The molecule has 0 radical (unpaired) electrons. The molecule has 0 fully saturated rings. The summed E-state index contributed by atoms with van der Waals surface area (Å²) >= 11 is 0. The summed E-state index contributed by atoms with van der Waals surface area (Å²) in [5.41, 5.74) is 0.558. The van der Waals surface area contributed by atoms with Gasteiger partial charge in [0.25, 0.3) is 0 Å². The maximum absolute atomic E-state index is 12.7. The second-order valence-electron chi connectivity index (χ2n) is 3.10. The Kier molecular flexibility index (Phi) is 4.74. The van der Waals surface area contributed by atoms with Crippen LogP contribution in [0.1, 0.15) is 25.3 Å². The highest BCUT2D eigenvalue weighted by molar-refractivity contribution is 5.55. The molecule has 2 nitrogen and oxygen atoms in total. The van der Waals surface area contributed by atoms with Crippen LogP contribution in [0.4, 0.5) is 8.78 Å². The monoisotopic (exact) mass is 213 g/mol. The van der Waals surface area contributed by atoms with Crippen LogP contribution in [0.2, 0.25) is 0 Å². The number of hydrogen-bond donors (Lipinski definition) is 0. The maximum atomic E-state index is 12.7. The molecule has 15 heavy (non-hydrogen) atoms. The van der Waals surface area contributed by atoms with Gasteiger partial charge in [-0.05, 0) is 24.1 Å². The van der Waals surface area contributed by atoms with Crippen LogP contribution in [0.3, 0.4) is 0 Å². The van der Waals surface area contributed by atoms with Gasteiger partial charge in [-0.2, -0.15) is 0 Å². The van der Waals surface area contributed by atoms with Crippen LogP contribution in [-0.4, -0.2) is 6.21 Å². The fourth-order valence-corrected chi connectivity index (χ4v) is 0.976. The Balaban J connectivity index is 2.41. The lowest BCUT2D eigenvalue weighted by Gasteiger charge is -2.00. The molecular weight excluding hydrogens is 200 g/mol. The van der Waals surface area contributed by atoms with Crippen molar-refractivity contribution in [2.75, 3.05) is 0 Å². The molecule has 1 aromatic rings. The molecule has 0 aliphatic heterocycles. The Morgan fingerprint density at radius 3 is 2.80 bits per heavy atom. The van der Waals surface area contributed by atoms with Gasteiger partial charge in [-0.3, -0.25) is 0 Å². The van der Waals surface area contributed by atoms with Crippen molar-refractivity contribution >= 4 is 6.21 Å². The fourth-order valence-electron chi connectivity index (χ4n) is 0.976. The van der Waals surface area contributed by atoms with E-state index < -0.39 is 11.6 Å². The Morgan fingerprint density at radius 1 is 1.33 bits per heavy atom. The normalized spacial score (nSPS) is 10.9. The summed E-state index contributed by atoms with van der Waals surface area (Å²) in [6.45, 7) is 2.18. The molecule has 0 heterocycles. The predicted molar refractivity (Wildman–Crippen MR) is 54.5 cm³/mol. The first-order chi connectivity index (χ1) is 7.24. The highest BCUT2D eigenvalue weighted by atomic mass is 19.2. The summed E-state index contributed by atoms with van der Waals surface area (Å²) in [5, 5.41) is 3.67. The molecule has 0 N–H and O–H groups in total. The molecular formula is C11H13F2NO. The summed E-state index contributed by atoms with van der Waals surface area (Å²) in [6.07, 6.45) is 3.50. The molecule has 0 aromatic heterocycles. The Hall–Kier alpha value is -1.45. The van der Waals surface area contributed by atoms with Crippen LogP contribution < -0.4 is 0 Å². The van der Waals surface area contributed by atoms with Crippen LogP contribution in [-0.2, 0) is 11.4 Å². The number of halogens is 2. The number of oxime groups is 1. The molecule has 0 saturated carbocycles. The molecule has 82 valence electrons. The number of hydrogen-bond acceptors (Lipinski definition) is 2. The molecule has 0 saturated heterocycles. The molecule has 4 heteroatoms. The van der Waals surface area contributed by atoms with E-state index in [0.717, 1.165) is 25.0 Å². The molecule has 0 atom stereocenters. The van der Waals surface area contributed by atoms with Crippen molar-refractivity contribution in [2.45, 2.75) is 26.4 Å². The van der Waals surface area contributed by atoms with Crippen LogP contribution >= 0.6 is 0 Å². The van der Waals surface area contributed by atoms with E-state index in [1.54, 1.807) is 6.21 Å².